The van der Waals surface area contributed by atoms with Crippen LogP contribution in [0.25, 0.3) is 0 Å². The number of benzene rings is 2. The van der Waals surface area contributed by atoms with Gasteiger partial charge in [0, 0.05) is 11.6 Å². The first-order valence-corrected chi connectivity index (χ1v) is 7.92. The van der Waals surface area contributed by atoms with Gasteiger partial charge in [-0.05, 0) is 36.2 Å². The molecule has 1 amide bonds. The van der Waals surface area contributed by atoms with Gasteiger partial charge in [-0.1, -0.05) is 41.9 Å². The van der Waals surface area contributed by atoms with E-state index in [9.17, 15) is 9.90 Å². The summed E-state index contributed by atoms with van der Waals surface area (Å²) >= 11 is 5.93. The Bertz CT molecular complexity index is 826. The van der Waals surface area contributed by atoms with Gasteiger partial charge in [0.1, 0.15) is 18.4 Å². The van der Waals surface area contributed by atoms with E-state index in [4.69, 9.17) is 21.6 Å². The lowest BCUT2D eigenvalue weighted by Crippen LogP contribution is -2.25. The average molecular weight is 357 g/mol. The normalized spacial score (nSPS) is 11.2. The van der Waals surface area contributed by atoms with Crippen LogP contribution in [0.1, 0.15) is 11.1 Å². The van der Waals surface area contributed by atoms with Crippen molar-refractivity contribution >= 4 is 17.5 Å². The lowest BCUT2D eigenvalue weighted by atomic mass is 10.2. The monoisotopic (exact) mass is 356 g/mol. The number of aryl methyl sites for hydroxylation is 1. The first kappa shape index (κ1) is 18.4. The molecule has 0 spiro atoms. The Morgan fingerprint density at radius 3 is 2.64 bits per heavy atom. The predicted octanol–water partition coefficient (Wildman–Crippen LogP) is 3.68. The van der Waals surface area contributed by atoms with Gasteiger partial charge in [0.15, 0.2) is 11.3 Å². The second-order valence-corrected chi connectivity index (χ2v) is 5.71. The van der Waals surface area contributed by atoms with Crippen molar-refractivity contribution in [2.45, 2.75) is 13.5 Å². The number of carbonyl (C=O) groups is 1. The Morgan fingerprint density at radius 2 is 2.00 bits per heavy atom. The molecule has 0 saturated carbocycles. The van der Waals surface area contributed by atoms with Crippen LogP contribution in [-0.2, 0) is 11.3 Å². The summed E-state index contributed by atoms with van der Waals surface area (Å²) in [5, 5.41) is 22.3. The van der Waals surface area contributed by atoms with E-state index in [0.717, 1.165) is 11.1 Å². The lowest BCUT2D eigenvalue weighted by Gasteiger charge is -2.09. The molecule has 0 saturated heterocycles. The molecule has 2 N–H and O–H groups in total. The molecule has 0 atom stereocenters. The second-order valence-electron chi connectivity index (χ2n) is 5.30. The van der Waals surface area contributed by atoms with E-state index in [1.165, 1.54) is 0 Å². The quantitative estimate of drug-likeness (QED) is 0.470. The van der Waals surface area contributed by atoms with Crippen molar-refractivity contribution in [1.29, 1.82) is 5.26 Å². The third kappa shape index (κ3) is 5.27. The van der Waals surface area contributed by atoms with E-state index in [1.807, 2.05) is 37.3 Å². The zero-order valence-electron chi connectivity index (χ0n) is 13.6. The molecule has 0 aromatic heterocycles. The molecule has 6 heteroatoms. The fourth-order valence-corrected chi connectivity index (χ4v) is 2.16. The van der Waals surface area contributed by atoms with Gasteiger partial charge in [-0.15, -0.1) is 0 Å². The Morgan fingerprint density at radius 1 is 1.28 bits per heavy atom. The van der Waals surface area contributed by atoms with E-state index in [-0.39, 0.29) is 18.7 Å². The van der Waals surface area contributed by atoms with Crippen molar-refractivity contribution in [3.05, 3.63) is 76.0 Å². The maximum absolute atomic E-state index is 12.1. The number of nitrogens with one attached hydrogen (secondary N) is 1. The molecule has 0 aliphatic rings. The van der Waals surface area contributed by atoms with Crippen LogP contribution in [0.3, 0.4) is 0 Å². The number of aliphatic hydroxyl groups is 1. The summed E-state index contributed by atoms with van der Waals surface area (Å²) in [6, 6.07) is 16.0. The van der Waals surface area contributed by atoms with Gasteiger partial charge in [-0.2, -0.15) is 5.26 Å². The Labute approximate surface area is 151 Å². The van der Waals surface area contributed by atoms with Crippen LogP contribution >= 0.6 is 11.6 Å². The zero-order chi connectivity index (χ0) is 18.2. The van der Waals surface area contributed by atoms with Crippen molar-refractivity contribution in [1.82, 2.24) is 5.32 Å². The summed E-state index contributed by atoms with van der Waals surface area (Å²) in [7, 11) is 0. The molecule has 0 bridgehead atoms. The van der Waals surface area contributed by atoms with E-state index in [1.54, 1.807) is 24.3 Å². The molecule has 5 nitrogen and oxygen atoms in total. The Kier molecular flexibility index (Phi) is 6.44. The van der Waals surface area contributed by atoms with Gasteiger partial charge < -0.3 is 15.2 Å². The lowest BCUT2D eigenvalue weighted by molar-refractivity contribution is -0.117. The topological polar surface area (TPSA) is 82.3 Å². The Balaban J connectivity index is 1.99. The smallest absolute Gasteiger partial charge is 0.265 e. The highest BCUT2D eigenvalue weighted by molar-refractivity contribution is 6.31. The molecule has 128 valence electrons. The predicted molar refractivity (Wildman–Crippen MR) is 95.2 cm³/mol. The average Bonchev–Trinajstić information content (AvgIpc) is 2.62. The highest BCUT2D eigenvalue weighted by Gasteiger charge is 2.15. The summed E-state index contributed by atoms with van der Waals surface area (Å²) in [6.07, 6.45) is 0. The van der Waals surface area contributed by atoms with Crippen LogP contribution in [-0.4, -0.2) is 17.6 Å². The fraction of sp³-hybridized carbons (Fsp3) is 0.158. The van der Waals surface area contributed by atoms with E-state index in [0.29, 0.717) is 10.8 Å². The molecule has 0 aliphatic carbocycles. The molecule has 25 heavy (non-hydrogen) atoms. The highest BCUT2D eigenvalue weighted by atomic mass is 35.5. The van der Waals surface area contributed by atoms with Crippen LogP contribution < -0.4 is 10.1 Å². The molecule has 2 aromatic rings. The minimum Gasteiger partial charge on any atom is -0.507 e. The summed E-state index contributed by atoms with van der Waals surface area (Å²) in [5.74, 6) is -0.601. The first-order valence-electron chi connectivity index (χ1n) is 7.54. The third-order valence-corrected chi connectivity index (χ3v) is 3.85. The van der Waals surface area contributed by atoms with Gasteiger partial charge >= 0.3 is 0 Å². The molecule has 0 unspecified atom stereocenters. The van der Waals surface area contributed by atoms with Crippen molar-refractivity contribution in [2.75, 3.05) is 6.61 Å². The third-order valence-electron chi connectivity index (χ3n) is 3.43. The fourth-order valence-electron chi connectivity index (χ4n) is 2.04. The minimum atomic E-state index is -0.653. The molecular formula is C19H17ClN2O3. The number of nitriles is 1. The zero-order valence-corrected chi connectivity index (χ0v) is 14.4. The number of amides is 1. The van der Waals surface area contributed by atoms with Gasteiger partial charge in [-0.3, -0.25) is 4.79 Å². The number of aliphatic hydroxyl groups excluding tert-OH is 1. The number of rotatable bonds is 6. The largest absolute Gasteiger partial charge is 0.507 e. The number of hydrogen-bond acceptors (Lipinski definition) is 4. The highest BCUT2D eigenvalue weighted by Crippen LogP contribution is 2.21. The van der Waals surface area contributed by atoms with Crippen LogP contribution in [0.4, 0.5) is 0 Å². The van der Waals surface area contributed by atoms with Crippen LogP contribution in [0.15, 0.2) is 59.9 Å². The number of halogens is 1. The summed E-state index contributed by atoms with van der Waals surface area (Å²) in [6.45, 7) is 1.79. The number of carbonyl (C=O) groups excluding carboxylic acids is 1. The molecule has 0 heterocycles. The van der Waals surface area contributed by atoms with Crippen molar-refractivity contribution in [3.8, 4) is 11.8 Å². The first-order chi connectivity index (χ1) is 12.0. The molecule has 0 fully saturated rings. The second kappa shape index (κ2) is 8.76. The summed E-state index contributed by atoms with van der Waals surface area (Å²) in [5.41, 5.74) is 1.34. The number of hydrogen-bond donors (Lipinski definition) is 2. The van der Waals surface area contributed by atoms with Crippen molar-refractivity contribution in [2.24, 2.45) is 0 Å². The van der Waals surface area contributed by atoms with Gasteiger partial charge in [0.2, 0.25) is 0 Å². The van der Waals surface area contributed by atoms with E-state index >= 15 is 0 Å². The van der Waals surface area contributed by atoms with Crippen molar-refractivity contribution in [3.63, 3.8) is 0 Å². The van der Waals surface area contributed by atoms with Gasteiger partial charge in [0.25, 0.3) is 5.91 Å². The van der Waals surface area contributed by atoms with Crippen LogP contribution in [0, 0.1) is 18.3 Å². The van der Waals surface area contributed by atoms with Gasteiger partial charge in [-0.25, -0.2) is 0 Å². The van der Waals surface area contributed by atoms with Crippen LogP contribution in [0.2, 0.25) is 5.02 Å². The maximum atomic E-state index is 12.1. The molecule has 2 rings (SSSR count). The van der Waals surface area contributed by atoms with Crippen LogP contribution in [0.5, 0.6) is 5.75 Å². The van der Waals surface area contributed by atoms with E-state index in [2.05, 4.69) is 5.32 Å². The molecule has 2 aromatic carbocycles. The molecule has 0 radical (unpaired) electrons. The maximum Gasteiger partial charge on any atom is 0.265 e. The molecular weight excluding hydrogens is 340 g/mol. The number of ether oxygens (including phenoxy) is 1. The number of nitrogens with zero attached hydrogens (tertiary/aromatic N) is 1. The Hall–Kier alpha value is -2.97. The molecule has 0 aliphatic heterocycles. The van der Waals surface area contributed by atoms with E-state index < -0.39 is 11.7 Å². The standard InChI is InChI=1S/C19H17ClN2O3/c1-13-9-15(7-8-17(13)20)25-12-18(23)16(10-21)19(24)22-11-14-5-3-2-4-6-14/h2-9,23H,11-12H2,1H3,(H,22,24)/b18-16-. The SMILES string of the molecule is Cc1cc(OC/C(O)=C(\C#N)C(=O)NCc2ccccc2)ccc1Cl. The summed E-state index contributed by atoms with van der Waals surface area (Å²) < 4.78 is 5.40. The summed E-state index contributed by atoms with van der Waals surface area (Å²) in [4.78, 5) is 12.1. The van der Waals surface area contributed by atoms with Gasteiger partial charge in [0.05, 0.1) is 0 Å². The minimum absolute atomic E-state index is 0.259. The van der Waals surface area contributed by atoms with Crippen molar-refractivity contribution < 1.29 is 14.6 Å².